The van der Waals surface area contributed by atoms with E-state index in [1.165, 1.54) is 11.1 Å². The topological polar surface area (TPSA) is 25.2 Å². The van der Waals surface area contributed by atoms with Crippen molar-refractivity contribution in [3.8, 4) is 0 Å². The summed E-state index contributed by atoms with van der Waals surface area (Å²) in [5.41, 5.74) is 2.38. The first kappa shape index (κ1) is 12.7. The first-order chi connectivity index (χ1) is 8.20. The molecule has 0 aliphatic carbocycles. The van der Waals surface area contributed by atoms with Crippen LogP contribution in [0.3, 0.4) is 0 Å². The molecule has 0 aliphatic rings. The fourth-order valence-electron chi connectivity index (χ4n) is 1.76. The molecule has 1 N–H and O–H groups in total. The molecule has 0 bridgehead atoms. The number of nitrogens with one attached hydrogen (secondary N) is 1. The minimum Gasteiger partial charge on any atom is -0.472 e. The molecule has 1 heterocycles. The summed E-state index contributed by atoms with van der Waals surface area (Å²) in [5.74, 6) is 0. The number of benzene rings is 1. The predicted octanol–water partition coefficient (Wildman–Crippen LogP) is 4.20. The Kier molecular flexibility index (Phi) is 4.26. The maximum atomic E-state index is 5.99. The van der Waals surface area contributed by atoms with Crippen LogP contribution in [-0.2, 0) is 6.42 Å². The van der Waals surface area contributed by atoms with Gasteiger partial charge in [0.15, 0.2) is 0 Å². The molecular formula is C13H13BrClNO. The van der Waals surface area contributed by atoms with Gasteiger partial charge in [0.25, 0.3) is 0 Å². The summed E-state index contributed by atoms with van der Waals surface area (Å²) in [4.78, 5) is 0. The van der Waals surface area contributed by atoms with E-state index < -0.39 is 0 Å². The van der Waals surface area contributed by atoms with Crippen molar-refractivity contribution >= 4 is 27.5 Å². The molecule has 0 aliphatic heterocycles. The molecule has 2 nitrogen and oxygen atoms in total. The van der Waals surface area contributed by atoms with Crippen molar-refractivity contribution in [2.24, 2.45) is 0 Å². The van der Waals surface area contributed by atoms with Crippen LogP contribution in [0.1, 0.15) is 17.2 Å². The second kappa shape index (κ2) is 5.71. The van der Waals surface area contributed by atoms with Gasteiger partial charge in [-0.1, -0.05) is 17.7 Å². The second-order valence-electron chi connectivity index (χ2n) is 3.85. The lowest BCUT2D eigenvalue weighted by Crippen LogP contribution is -2.18. The lowest BCUT2D eigenvalue weighted by molar-refractivity contribution is 0.551. The van der Waals surface area contributed by atoms with E-state index >= 15 is 0 Å². The molecule has 1 aromatic heterocycles. The van der Waals surface area contributed by atoms with Gasteiger partial charge < -0.3 is 9.73 Å². The molecule has 0 spiro atoms. The van der Waals surface area contributed by atoms with Gasteiger partial charge >= 0.3 is 0 Å². The summed E-state index contributed by atoms with van der Waals surface area (Å²) in [6, 6.07) is 8.22. The fourth-order valence-corrected chi connectivity index (χ4v) is 2.27. The molecule has 0 saturated heterocycles. The van der Waals surface area contributed by atoms with Crippen molar-refractivity contribution in [2.75, 3.05) is 7.05 Å². The van der Waals surface area contributed by atoms with E-state index in [1.54, 1.807) is 12.5 Å². The average Bonchev–Trinajstić information content (AvgIpc) is 2.82. The van der Waals surface area contributed by atoms with E-state index in [2.05, 4.69) is 21.2 Å². The molecule has 0 saturated carbocycles. The van der Waals surface area contributed by atoms with E-state index in [0.29, 0.717) is 0 Å². The van der Waals surface area contributed by atoms with Gasteiger partial charge in [-0.25, -0.2) is 0 Å². The molecule has 4 heteroatoms. The van der Waals surface area contributed by atoms with Gasteiger partial charge in [-0.05, 0) is 58.7 Å². The van der Waals surface area contributed by atoms with Crippen molar-refractivity contribution in [1.29, 1.82) is 0 Å². The molecule has 17 heavy (non-hydrogen) atoms. The third kappa shape index (κ3) is 3.12. The van der Waals surface area contributed by atoms with Gasteiger partial charge in [-0.3, -0.25) is 0 Å². The molecule has 90 valence electrons. The standard InChI is InChI=1S/C13H13BrClNO/c1-16-13(6-9-4-5-17-8-9)10-2-3-12(15)11(14)7-10/h2-5,7-8,13,16H,6H2,1H3. The summed E-state index contributed by atoms with van der Waals surface area (Å²) >= 11 is 9.43. The molecule has 1 atom stereocenters. The summed E-state index contributed by atoms with van der Waals surface area (Å²) in [6.07, 6.45) is 4.36. The maximum Gasteiger partial charge on any atom is 0.0935 e. The largest absolute Gasteiger partial charge is 0.472 e. The van der Waals surface area contributed by atoms with Gasteiger partial charge in [0, 0.05) is 10.5 Å². The van der Waals surface area contributed by atoms with Gasteiger partial charge in [-0.2, -0.15) is 0 Å². The van der Waals surface area contributed by atoms with Crippen LogP contribution in [-0.4, -0.2) is 7.05 Å². The lowest BCUT2D eigenvalue weighted by Gasteiger charge is -2.16. The normalized spacial score (nSPS) is 12.6. The smallest absolute Gasteiger partial charge is 0.0935 e. The Labute approximate surface area is 114 Å². The molecule has 0 amide bonds. The van der Waals surface area contributed by atoms with Crippen LogP contribution >= 0.6 is 27.5 Å². The highest BCUT2D eigenvalue weighted by Gasteiger charge is 2.12. The van der Waals surface area contributed by atoms with Gasteiger partial charge in [0.05, 0.1) is 17.5 Å². The Hall–Kier alpha value is -0.770. The van der Waals surface area contributed by atoms with Crippen LogP contribution < -0.4 is 5.32 Å². The van der Waals surface area contributed by atoms with Crippen LogP contribution in [0.25, 0.3) is 0 Å². The van der Waals surface area contributed by atoms with Crippen LogP contribution in [0.15, 0.2) is 45.7 Å². The number of halogens is 2. The van der Waals surface area contributed by atoms with Gasteiger partial charge in [0.1, 0.15) is 0 Å². The van der Waals surface area contributed by atoms with Crippen LogP contribution in [0.4, 0.5) is 0 Å². The minimum absolute atomic E-state index is 0.251. The first-order valence-electron chi connectivity index (χ1n) is 5.34. The molecule has 0 fully saturated rings. The highest BCUT2D eigenvalue weighted by atomic mass is 79.9. The number of hydrogen-bond acceptors (Lipinski definition) is 2. The Bertz CT molecular complexity index is 484. The Morgan fingerprint density at radius 3 is 2.82 bits per heavy atom. The third-order valence-corrected chi connectivity index (χ3v) is 3.93. The van der Waals surface area contributed by atoms with Crippen LogP contribution in [0.5, 0.6) is 0 Å². The molecule has 1 aromatic carbocycles. The van der Waals surface area contributed by atoms with Crippen molar-refractivity contribution in [3.05, 3.63) is 57.4 Å². The highest BCUT2D eigenvalue weighted by Crippen LogP contribution is 2.27. The zero-order valence-corrected chi connectivity index (χ0v) is 11.8. The van der Waals surface area contributed by atoms with E-state index in [4.69, 9.17) is 16.0 Å². The summed E-state index contributed by atoms with van der Waals surface area (Å²) in [5, 5.41) is 4.03. The van der Waals surface area contributed by atoms with Gasteiger partial charge in [-0.15, -0.1) is 0 Å². The number of furan rings is 1. The Morgan fingerprint density at radius 1 is 1.41 bits per heavy atom. The molecule has 2 aromatic rings. The van der Waals surface area contributed by atoms with E-state index in [9.17, 15) is 0 Å². The quantitative estimate of drug-likeness (QED) is 0.915. The van der Waals surface area contributed by atoms with Crippen molar-refractivity contribution in [3.63, 3.8) is 0 Å². The summed E-state index contributed by atoms with van der Waals surface area (Å²) < 4.78 is 6.00. The summed E-state index contributed by atoms with van der Waals surface area (Å²) in [7, 11) is 1.95. The van der Waals surface area contributed by atoms with Crippen LogP contribution in [0, 0.1) is 0 Å². The van der Waals surface area contributed by atoms with Gasteiger partial charge in [0.2, 0.25) is 0 Å². The third-order valence-electron chi connectivity index (χ3n) is 2.71. The first-order valence-corrected chi connectivity index (χ1v) is 6.51. The highest BCUT2D eigenvalue weighted by molar-refractivity contribution is 9.10. The zero-order chi connectivity index (χ0) is 12.3. The van der Waals surface area contributed by atoms with Crippen molar-refractivity contribution in [1.82, 2.24) is 5.32 Å². The number of likely N-dealkylation sites (N-methyl/N-ethyl adjacent to an activating group) is 1. The fraction of sp³-hybridized carbons (Fsp3) is 0.231. The monoisotopic (exact) mass is 313 g/mol. The molecule has 1 unspecified atom stereocenters. The van der Waals surface area contributed by atoms with E-state index in [0.717, 1.165) is 15.9 Å². The Balaban J connectivity index is 2.20. The molecule has 2 rings (SSSR count). The predicted molar refractivity (Wildman–Crippen MR) is 73.4 cm³/mol. The Morgan fingerprint density at radius 2 is 2.24 bits per heavy atom. The van der Waals surface area contributed by atoms with Crippen molar-refractivity contribution < 1.29 is 4.42 Å². The number of rotatable bonds is 4. The summed E-state index contributed by atoms with van der Waals surface area (Å²) in [6.45, 7) is 0. The molecule has 0 radical (unpaired) electrons. The number of hydrogen-bond donors (Lipinski definition) is 1. The maximum absolute atomic E-state index is 5.99. The van der Waals surface area contributed by atoms with Crippen LogP contribution in [0.2, 0.25) is 5.02 Å². The molecular weight excluding hydrogens is 302 g/mol. The SMILES string of the molecule is CNC(Cc1ccoc1)c1ccc(Cl)c(Br)c1. The lowest BCUT2D eigenvalue weighted by atomic mass is 10.0. The minimum atomic E-state index is 0.251. The second-order valence-corrected chi connectivity index (χ2v) is 5.11. The van der Waals surface area contributed by atoms with E-state index in [-0.39, 0.29) is 6.04 Å². The average molecular weight is 315 g/mol. The zero-order valence-electron chi connectivity index (χ0n) is 9.41. The van der Waals surface area contributed by atoms with Crippen molar-refractivity contribution in [2.45, 2.75) is 12.5 Å². The van der Waals surface area contributed by atoms with E-state index in [1.807, 2.05) is 31.3 Å².